The molecule has 0 heterocycles. The van der Waals surface area contributed by atoms with Gasteiger partial charge in [-0.05, 0) is 122 Å². The third-order valence-electron chi connectivity index (χ3n) is 12.7. The van der Waals surface area contributed by atoms with Crippen molar-refractivity contribution in [3.05, 3.63) is 109 Å². The van der Waals surface area contributed by atoms with E-state index in [1.165, 1.54) is 103 Å². The van der Waals surface area contributed by atoms with E-state index in [1.54, 1.807) is 0 Å². The minimum absolute atomic E-state index is 0.0918. The van der Waals surface area contributed by atoms with Crippen LogP contribution in [-0.2, 0) is 28.6 Å². The molecule has 0 fully saturated rings. The molecule has 73 heavy (non-hydrogen) atoms. The molecular formula is C67H112O6. The molecule has 1 unspecified atom stereocenters. The molecule has 0 aromatic carbocycles. The molecule has 416 valence electrons. The molecule has 6 heteroatoms. The average Bonchev–Trinajstić information content (AvgIpc) is 3.39. The Morgan fingerprint density at radius 3 is 0.849 bits per heavy atom. The number of carbonyl (C=O) groups is 3. The van der Waals surface area contributed by atoms with Crippen molar-refractivity contribution in [2.45, 2.75) is 284 Å². The molecule has 0 radical (unpaired) electrons. The van der Waals surface area contributed by atoms with Crippen LogP contribution in [0.25, 0.3) is 0 Å². The van der Waals surface area contributed by atoms with E-state index in [9.17, 15) is 14.4 Å². The van der Waals surface area contributed by atoms with Crippen LogP contribution in [0.15, 0.2) is 109 Å². The van der Waals surface area contributed by atoms with Gasteiger partial charge in [-0.15, -0.1) is 0 Å². The summed E-state index contributed by atoms with van der Waals surface area (Å²) in [6.07, 6.45) is 82.2. The van der Waals surface area contributed by atoms with E-state index in [4.69, 9.17) is 14.2 Å². The van der Waals surface area contributed by atoms with Gasteiger partial charge in [-0.1, -0.05) is 246 Å². The molecule has 0 bridgehead atoms. The van der Waals surface area contributed by atoms with Gasteiger partial charge in [-0.3, -0.25) is 14.4 Å². The van der Waals surface area contributed by atoms with Crippen molar-refractivity contribution in [2.24, 2.45) is 0 Å². The molecule has 6 nitrogen and oxygen atoms in total. The third kappa shape index (κ3) is 58.8. The highest BCUT2D eigenvalue weighted by Crippen LogP contribution is 2.15. The lowest BCUT2D eigenvalue weighted by Gasteiger charge is -2.18. The van der Waals surface area contributed by atoms with Crippen molar-refractivity contribution in [3.63, 3.8) is 0 Å². The maximum atomic E-state index is 12.9. The fourth-order valence-corrected chi connectivity index (χ4v) is 8.24. The zero-order chi connectivity index (χ0) is 52.9. The van der Waals surface area contributed by atoms with Crippen molar-refractivity contribution < 1.29 is 28.6 Å². The Morgan fingerprint density at radius 1 is 0.288 bits per heavy atom. The van der Waals surface area contributed by atoms with Gasteiger partial charge in [-0.25, -0.2) is 0 Å². The van der Waals surface area contributed by atoms with Crippen molar-refractivity contribution in [3.8, 4) is 0 Å². The molecule has 0 saturated carbocycles. The molecule has 0 aliphatic heterocycles. The number of hydrogen-bond donors (Lipinski definition) is 0. The molecule has 0 aromatic rings. The lowest BCUT2D eigenvalue weighted by Crippen LogP contribution is -2.30. The van der Waals surface area contributed by atoms with Gasteiger partial charge in [0, 0.05) is 19.3 Å². The van der Waals surface area contributed by atoms with Gasteiger partial charge in [0.25, 0.3) is 0 Å². The number of allylic oxidation sites excluding steroid dienone is 18. The first kappa shape index (κ1) is 69.1. The molecule has 0 rings (SSSR count). The van der Waals surface area contributed by atoms with Crippen molar-refractivity contribution in [1.29, 1.82) is 0 Å². The third-order valence-corrected chi connectivity index (χ3v) is 12.7. The topological polar surface area (TPSA) is 78.9 Å². The first-order valence-corrected chi connectivity index (χ1v) is 30.4. The monoisotopic (exact) mass is 1010 g/mol. The van der Waals surface area contributed by atoms with Crippen LogP contribution in [0, 0.1) is 0 Å². The number of unbranched alkanes of at least 4 members (excludes halogenated alkanes) is 25. The van der Waals surface area contributed by atoms with E-state index in [0.29, 0.717) is 19.3 Å². The Hall–Kier alpha value is -3.93. The van der Waals surface area contributed by atoms with Crippen LogP contribution in [0.3, 0.4) is 0 Å². The van der Waals surface area contributed by atoms with E-state index < -0.39 is 6.10 Å². The van der Waals surface area contributed by atoms with Crippen LogP contribution in [0.1, 0.15) is 278 Å². The maximum Gasteiger partial charge on any atom is 0.306 e. The predicted molar refractivity (Wildman–Crippen MR) is 316 cm³/mol. The molecular weight excluding hydrogens is 901 g/mol. The Balaban J connectivity index is 4.46. The first-order valence-electron chi connectivity index (χ1n) is 30.4. The Labute approximate surface area is 450 Å². The van der Waals surface area contributed by atoms with E-state index in [2.05, 4.69) is 130 Å². The summed E-state index contributed by atoms with van der Waals surface area (Å²) in [5, 5.41) is 0. The Morgan fingerprint density at radius 2 is 0.534 bits per heavy atom. The van der Waals surface area contributed by atoms with Gasteiger partial charge >= 0.3 is 17.9 Å². The molecule has 0 N–H and O–H groups in total. The lowest BCUT2D eigenvalue weighted by molar-refractivity contribution is -0.167. The summed E-state index contributed by atoms with van der Waals surface area (Å²) in [7, 11) is 0. The molecule has 0 spiro atoms. The number of esters is 3. The standard InChI is InChI=1S/C67H112O6/c1-4-7-10-13-16-19-22-25-28-31-33-36-39-42-45-48-51-54-57-60-66(69)72-63-64(62-71-65(68)59-56-53-50-47-44-41-38-35-30-27-24-21-18-15-12-9-6-3)73-67(70)61-58-55-52-49-46-43-40-37-34-32-29-26-23-20-17-14-11-8-5-2/h7-8,10-11,16-17,19-20,25-30,33-34,36-37,64H,4-6,9,12-15,18,21-24,31-32,35,38-63H2,1-3H3/b10-7-,11-8-,19-16-,20-17-,28-25-,29-26-,30-27-,36-33-,37-34-. The average molecular weight is 1010 g/mol. The van der Waals surface area contributed by atoms with Crippen LogP contribution in [0.4, 0.5) is 0 Å². The Bertz CT molecular complexity index is 1490. The SMILES string of the molecule is CC/C=C\C/C=C\C/C=C\C/C=C\CCCCCCCCC(=O)OCC(COC(=O)CCCCCCCCC/C=C\CCCCCCCC)OC(=O)CCCCCCCC/C=C\C/C=C\C/C=C\C/C=C\CC. The normalized spacial score (nSPS) is 12.9. The van der Waals surface area contributed by atoms with Crippen molar-refractivity contribution >= 4 is 17.9 Å². The molecule has 0 amide bonds. The number of carbonyl (C=O) groups excluding carboxylic acids is 3. The quantitative estimate of drug-likeness (QED) is 0.0261. The highest BCUT2D eigenvalue weighted by molar-refractivity contribution is 5.71. The maximum absolute atomic E-state index is 12.9. The van der Waals surface area contributed by atoms with Gasteiger partial charge in [0.1, 0.15) is 13.2 Å². The van der Waals surface area contributed by atoms with E-state index in [0.717, 1.165) is 135 Å². The van der Waals surface area contributed by atoms with E-state index >= 15 is 0 Å². The fraction of sp³-hybridized carbons (Fsp3) is 0.687. The molecule has 0 aliphatic rings. The summed E-state index contributed by atoms with van der Waals surface area (Å²) in [6.45, 7) is 6.40. The van der Waals surface area contributed by atoms with E-state index in [1.807, 2.05) is 0 Å². The van der Waals surface area contributed by atoms with Gasteiger partial charge in [0.05, 0.1) is 0 Å². The molecule has 1 atom stereocenters. The van der Waals surface area contributed by atoms with Crippen LogP contribution in [0.2, 0.25) is 0 Å². The summed E-state index contributed by atoms with van der Waals surface area (Å²) in [5.41, 5.74) is 0. The minimum Gasteiger partial charge on any atom is -0.462 e. The molecule has 0 saturated heterocycles. The summed E-state index contributed by atoms with van der Waals surface area (Å²) in [4.78, 5) is 38.3. The summed E-state index contributed by atoms with van der Waals surface area (Å²) < 4.78 is 16.9. The molecule has 0 aliphatic carbocycles. The smallest absolute Gasteiger partial charge is 0.306 e. The number of ether oxygens (including phenoxy) is 3. The largest absolute Gasteiger partial charge is 0.462 e. The second-order valence-electron chi connectivity index (χ2n) is 19.8. The minimum atomic E-state index is -0.797. The second-order valence-corrected chi connectivity index (χ2v) is 19.8. The highest BCUT2D eigenvalue weighted by atomic mass is 16.6. The number of rotatable bonds is 54. The van der Waals surface area contributed by atoms with Crippen LogP contribution in [-0.4, -0.2) is 37.2 Å². The van der Waals surface area contributed by atoms with E-state index in [-0.39, 0.29) is 31.1 Å². The Kier molecular flexibility index (Phi) is 57.4. The van der Waals surface area contributed by atoms with Gasteiger partial charge in [0.15, 0.2) is 6.10 Å². The van der Waals surface area contributed by atoms with Gasteiger partial charge in [-0.2, -0.15) is 0 Å². The van der Waals surface area contributed by atoms with Crippen molar-refractivity contribution in [1.82, 2.24) is 0 Å². The molecule has 0 aromatic heterocycles. The van der Waals surface area contributed by atoms with Crippen LogP contribution < -0.4 is 0 Å². The predicted octanol–water partition coefficient (Wildman–Crippen LogP) is 20.7. The second kappa shape index (κ2) is 60.6. The zero-order valence-electron chi connectivity index (χ0n) is 47.6. The highest BCUT2D eigenvalue weighted by Gasteiger charge is 2.19. The van der Waals surface area contributed by atoms with Gasteiger partial charge < -0.3 is 14.2 Å². The number of hydrogen-bond acceptors (Lipinski definition) is 6. The van der Waals surface area contributed by atoms with Crippen LogP contribution >= 0.6 is 0 Å². The van der Waals surface area contributed by atoms with Crippen molar-refractivity contribution in [2.75, 3.05) is 13.2 Å². The summed E-state index contributed by atoms with van der Waals surface area (Å²) in [5.74, 6) is -0.920. The van der Waals surface area contributed by atoms with Gasteiger partial charge in [0.2, 0.25) is 0 Å². The summed E-state index contributed by atoms with van der Waals surface area (Å²) >= 11 is 0. The lowest BCUT2D eigenvalue weighted by atomic mass is 10.1. The fourth-order valence-electron chi connectivity index (χ4n) is 8.24. The first-order chi connectivity index (χ1) is 36.0. The summed E-state index contributed by atoms with van der Waals surface area (Å²) in [6, 6.07) is 0. The zero-order valence-corrected chi connectivity index (χ0v) is 47.6. The van der Waals surface area contributed by atoms with Crippen LogP contribution in [0.5, 0.6) is 0 Å².